The second-order valence-electron chi connectivity index (χ2n) is 6.58. The largest absolute Gasteiger partial charge is 0.369 e. The van der Waals surface area contributed by atoms with Crippen molar-refractivity contribution in [2.45, 2.75) is 58.3 Å². The maximum absolute atomic E-state index is 4.86. The molecule has 19 heavy (non-hydrogen) atoms. The molecule has 0 aromatic carbocycles. The molecule has 104 valence electrons. The summed E-state index contributed by atoms with van der Waals surface area (Å²) in [5.74, 6) is 3.24. The van der Waals surface area contributed by atoms with E-state index in [0.29, 0.717) is 17.3 Å². The van der Waals surface area contributed by atoms with Crippen LogP contribution in [0.5, 0.6) is 0 Å². The van der Waals surface area contributed by atoms with E-state index in [4.69, 9.17) is 9.97 Å². The van der Waals surface area contributed by atoms with Crippen molar-refractivity contribution in [3.8, 4) is 0 Å². The van der Waals surface area contributed by atoms with Gasteiger partial charge in [-0.25, -0.2) is 9.97 Å². The van der Waals surface area contributed by atoms with Crippen LogP contribution < -0.4 is 5.32 Å². The van der Waals surface area contributed by atoms with Gasteiger partial charge in [-0.3, -0.25) is 0 Å². The summed E-state index contributed by atoms with van der Waals surface area (Å²) in [6, 6.07) is 0. The molecule has 0 radical (unpaired) electrons. The Morgan fingerprint density at radius 3 is 2.53 bits per heavy atom. The van der Waals surface area contributed by atoms with Crippen molar-refractivity contribution in [2.75, 3.05) is 11.9 Å². The van der Waals surface area contributed by atoms with Crippen LogP contribution in [-0.2, 0) is 0 Å². The molecule has 1 aromatic rings. The maximum Gasteiger partial charge on any atom is 0.144 e. The van der Waals surface area contributed by atoms with Crippen LogP contribution in [-0.4, -0.2) is 16.5 Å². The topological polar surface area (TPSA) is 37.8 Å². The Bertz CT molecular complexity index is 494. The molecule has 3 nitrogen and oxygen atoms in total. The Kier molecular flexibility index (Phi) is 3.32. The molecular weight excluding hydrogens is 302 g/mol. The lowest BCUT2D eigenvalue weighted by atomic mass is 10.1. The highest BCUT2D eigenvalue weighted by Gasteiger charge is 2.49. The first-order chi connectivity index (χ1) is 9.03. The maximum atomic E-state index is 4.86. The van der Waals surface area contributed by atoms with E-state index in [1.165, 1.54) is 25.0 Å². The van der Waals surface area contributed by atoms with E-state index in [0.717, 1.165) is 29.1 Å². The van der Waals surface area contributed by atoms with Crippen molar-refractivity contribution in [2.24, 2.45) is 5.41 Å². The van der Waals surface area contributed by atoms with Crippen LogP contribution in [0, 0.1) is 5.41 Å². The molecule has 1 aromatic heterocycles. The minimum Gasteiger partial charge on any atom is -0.369 e. The molecule has 1 heterocycles. The second kappa shape index (κ2) is 4.72. The summed E-state index contributed by atoms with van der Waals surface area (Å²) >= 11 is 3.70. The van der Waals surface area contributed by atoms with Crippen molar-refractivity contribution in [3.05, 3.63) is 16.0 Å². The molecule has 2 aliphatic rings. The van der Waals surface area contributed by atoms with Gasteiger partial charge in [0.2, 0.25) is 0 Å². The van der Waals surface area contributed by atoms with E-state index >= 15 is 0 Å². The molecule has 3 rings (SSSR count). The van der Waals surface area contributed by atoms with Crippen LogP contribution in [0.3, 0.4) is 0 Å². The Hall–Kier alpha value is -0.640. The normalized spacial score (nSPS) is 24.3. The predicted molar refractivity (Wildman–Crippen MR) is 81.6 cm³/mol. The van der Waals surface area contributed by atoms with Crippen LogP contribution in [0.25, 0.3) is 0 Å². The van der Waals surface area contributed by atoms with Gasteiger partial charge in [-0.15, -0.1) is 0 Å². The van der Waals surface area contributed by atoms with Crippen LogP contribution in [0.15, 0.2) is 4.47 Å². The molecule has 2 fully saturated rings. The van der Waals surface area contributed by atoms with Crippen molar-refractivity contribution in [1.82, 2.24) is 9.97 Å². The highest BCUT2D eigenvalue weighted by Crippen LogP contribution is 2.58. The molecule has 0 saturated heterocycles. The molecule has 2 aliphatic carbocycles. The van der Waals surface area contributed by atoms with E-state index in [1.807, 2.05) is 0 Å². The van der Waals surface area contributed by atoms with E-state index in [1.54, 1.807) is 0 Å². The summed E-state index contributed by atoms with van der Waals surface area (Å²) in [5.41, 5.74) is 1.61. The summed E-state index contributed by atoms with van der Waals surface area (Å²) in [6.45, 7) is 7.75. The van der Waals surface area contributed by atoms with E-state index in [9.17, 15) is 0 Å². The van der Waals surface area contributed by atoms with Crippen molar-refractivity contribution < 1.29 is 0 Å². The smallest absolute Gasteiger partial charge is 0.144 e. The monoisotopic (exact) mass is 323 g/mol. The number of rotatable bonds is 5. The molecule has 2 saturated carbocycles. The summed E-state index contributed by atoms with van der Waals surface area (Å²) in [5, 5.41) is 3.44. The van der Waals surface area contributed by atoms with Crippen LogP contribution >= 0.6 is 15.9 Å². The third kappa shape index (κ3) is 2.64. The van der Waals surface area contributed by atoms with E-state index in [2.05, 4.69) is 42.0 Å². The van der Waals surface area contributed by atoms with Crippen molar-refractivity contribution in [1.29, 1.82) is 0 Å². The second-order valence-corrected chi connectivity index (χ2v) is 7.37. The summed E-state index contributed by atoms with van der Waals surface area (Å²) < 4.78 is 1.09. The molecule has 1 atom stereocenters. The lowest BCUT2D eigenvalue weighted by Gasteiger charge is -2.13. The summed E-state index contributed by atoms with van der Waals surface area (Å²) in [4.78, 5) is 9.63. The fraction of sp³-hybridized carbons (Fsp3) is 0.733. The fourth-order valence-electron chi connectivity index (χ4n) is 2.53. The quantitative estimate of drug-likeness (QED) is 0.869. The van der Waals surface area contributed by atoms with Crippen molar-refractivity contribution >= 4 is 21.7 Å². The number of nitrogens with zero attached hydrogens (tertiary/aromatic N) is 2. The average molecular weight is 324 g/mol. The number of aromatic nitrogens is 2. The zero-order valence-corrected chi connectivity index (χ0v) is 13.5. The van der Waals surface area contributed by atoms with E-state index < -0.39 is 0 Å². The standard InChI is InChI=1S/C15H22BrN3/c1-4-7-17-14-11(16)12(9-5-6-9)18-13(19-14)10-8-15(10,2)3/h9-10H,4-8H2,1-3H3,(H,17,18,19). The molecule has 0 bridgehead atoms. The van der Waals surface area contributed by atoms with Gasteiger partial charge in [0.25, 0.3) is 0 Å². The summed E-state index contributed by atoms with van der Waals surface area (Å²) in [7, 11) is 0. The van der Waals surface area contributed by atoms with Gasteiger partial charge in [-0.05, 0) is 47.0 Å². The first kappa shape index (κ1) is 13.3. The van der Waals surface area contributed by atoms with Gasteiger partial charge in [-0.2, -0.15) is 0 Å². The highest BCUT2D eigenvalue weighted by atomic mass is 79.9. The number of hydrogen-bond acceptors (Lipinski definition) is 3. The van der Waals surface area contributed by atoms with Gasteiger partial charge in [-0.1, -0.05) is 20.8 Å². The van der Waals surface area contributed by atoms with E-state index in [-0.39, 0.29) is 0 Å². The van der Waals surface area contributed by atoms with Crippen LogP contribution in [0.2, 0.25) is 0 Å². The Morgan fingerprint density at radius 1 is 1.32 bits per heavy atom. The average Bonchev–Trinajstić information content (AvgIpc) is 3.25. The lowest BCUT2D eigenvalue weighted by molar-refractivity contribution is 0.606. The highest BCUT2D eigenvalue weighted by molar-refractivity contribution is 9.10. The Morgan fingerprint density at radius 2 is 2.00 bits per heavy atom. The number of hydrogen-bond donors (Lipinski definition) is 1. The molecule has 0 amide bonds. The van der Waals surface area contributed by atoms with Gasteiger partial charge < -0.3 is 5.32 Å². The van der Waals surface area contributed by atoms with Gasteiger partial charge >= 0.3 is 0 Å². The Balaban J connectivity index is 1.94. The third-order valence-corrected chi connectivity index (χ3v) is 5.01. The number of anilines is 1. The zero-order valence-electron chi connectivity index (χ0n) is 12.0. The Labute approximate surface area is 123 Å². The molecule has 1 N–H and O–H groups in total. The molecular formula is C15H22BrN3. The fourth-order valence-corrected chi connectivity index (χ4v) is 3.18. The first-order valence-corrected chi connectivity index (χ1v) is 8.13. The minimum absolute atomic E-state index is 0.386. The van der Waals surface area contributed by atoms with Gasteiger partial charge in [0.1, 0.15) is 11.6 Å². The minimum atomic E-state index is 0.386. The van der Waals surface area contributed by atoms with Crippen LogP contribution in [0.4, 0.5) is 5.82 Å². The van der Waals surface area contributed by atoms with Gasteiger partial charge in [0.05, 0.1) is 10.2 Å². The molecule has 4 heteroatoms. The predicted octanol–water partition coefficient (Wildman–Crippen LogP) is 4.45. The lowest BCUT2D eigenvalue weighted by Crippen LogP contribution is -2.09. The SMILES string of the molecule is CCCNc1nc(C2CC2(C)C)nc(C2CC2)c1Br. The zero-order chi connectivity index (χ0) is 13.6. The first-order valence-electron chi connectivity index (χ1n) is 7.34. The number of halogens is 1. The third-order valence-electron chi connectivity index (χ3n) is 4.23. The summed E-state index contributed by atoms with van der Waals surface area (Å²) in [6.07, 6.45) is 4.87. The van der Waals surface area contributed by atoms with Gasteiger partial charge in [0, 0.05) is 18.4 Å². The van der Waals surface area contributed by atoms with Gasteiger partial charge in [0.15, 0.2) is 0 Å². The van der Waals surface area contributed by atoms with Crippen molar-refractivity contribution in [3.63, 3.8) is 0 Å². The molecule has 0 spiro atoms. The number of nitrogens with one attached hydrogen (secondary N) is 1. The molecule has 1 unspecified atom stereocenters. The van der Waals surface area contributed by atoms with Crippen LogP contribution in [0.1, 0.15) is 69.8 Å². The molecule has 0 aliphatic heterocycles.